The van der Waals surface area contributed by atoms with Gasteiger partial charge in [0.1, 0.15) is 5.82 Å². The van der Waals surface area contributed by atoms with Crippen LogP contribution in [0.1, 0.15) is 16.8 Å². The van der Waals surface area contributed by atoms with Crippen molar-refractivity contribution in [1.29, 1.82) is 0 Å². The predicted molar refractivity (Wildman–Crippen MR) is 102 cm³/mol. The molecule has 144 valence electrons. The Bertz CT molecular complexity index is 757. The van der Waals surface area contributed by atoms with Crippen molar-refractivity contribution in [2.45, 2.75) is 19.3 Å². The third-order valence-electron chi connectivity index (χ3n) is 3.49. The summed E-state index contributed by atoms with van der Waals surface area (Å²) in [6.45, 7) is 0.277. The lowest BCUT2D eigenvalue weighted by molar-refractivity contribution is -0.142. The second-order valence-corrected chi connectivity index (χ2v) is 5.56. The lowest BCUT2D eigenvalue weighted by Gasteiger charge is -2.22. The van der Waals surface area contributed by atoms with E-state index in [1.165, 1.54) is 32.4 Å². The van der Waals surface area contributed by atoms with Gasteiger partial charge >= 0.3 is 6.18 Å². The topological polar surface area (TPSA) is 45.5 Å². The Morgan fingerprint density at radius 3 is 2.62 bits per heavy atom. The van der Waals surface area contributed by atoms with E-state index in [1.807, 2.05) is 0 Å². The molecule has 2 rings (SSSR count). The minimum Gasteiger partial charge on any atom is -0.352 e. The van der Waals surface area contributed by atoms with Crippen molar-refractivity contribution in [3.8, 4) is 0 Å². The van der Waals surface area contributed by atoms with Crippen molar-refractivity contribution in [2.24, 2.45) is 12.0 Å². The van der Waals surface area contributed by atoms with Gasteiger partial charge < -0.3 is 10.2 Å². The van der Waals surface area contributed by atoms with Crippen molar-refractivity contribution < 1.29 is 17.6 Å². The van der Waals surface area contributed by atoms with Crippen molar-refractivity contribution in [1.82, 2.24) is 20.0 Å². The van der Waals surface area contributed by atoms with Crippen LogP contribution in [-0.2, 0) is 26.3 Å². The van der Waals surface area contributed by atoms with E-state index in [4.69, 9.17) is 0 Å². The van der Waals surface area contributed by atoms with E-state index >= 15 is 0 Å². The van der Waals surface area contributed by atoms with Gasteiger partial charge in [0.25, 0.3) is 0 Å². The average Bonchev–Trinajstić information content (AvgIpc) is 2.89. The Labute approximate surface area is 166 Å². The summed E-state index contributed by atoms with van der Waals surface area (Å²) in [6, 6.07) is 6.10. The Balaban J connectivity index is 0.00000338. The fourth-order valence-corrected chi connectivity index (χ4v) is 2.45. The molecule has 1 aromatic heterocycles. The van der Waals surface area contributed by atoms with Crippen LogP contribution in [0.25, 0.3) is 0 Å². The standard InChI is InChI=1S/C16H19F4N5.HI/c1-21-15(24(2)9-11-5-4-6-13(17)7-11)22-8-12-10-25(3)23-14(12)16(18,19)20;/h4-7,10H,8-9H2,1-3H3,(H,21,22);1H. The van der Waals surface area contributed by atoms with E-state index in [1.54, 1.807) is 24.1 Å². The molecule has 26 heavy (non-hydrogen) atoms. The van der Waals surface area contributed by atoms with E-state index in [9.17, 15) is 17.6 Å². The van der Waals surface area contributed by atoms with E-state index in [2.05, 4.69) is 15.4 Å². The summed E-state index contributed by atoms with van der Waals surface area (Å²) in [7, 11) is 4.68. The number of rotatable bonds is 4. The number of alkyl halides is 3. The first-order valence-corrected chi connectivity index (χ1v) is 7.46. The first kappa shape index (κ1) is 22.2. The maximum absolute atomic E-state index is 13.2. The number of benzene rings is 1. The molecule has 0 unspecified atom stereocenters. The Morgan fingerprint density at radius 2 is 2.04 bits per heavy atom. The van der Waals surface area contributed by atoms with Crippen molar-refractivity contribution in [2.75, 3.05) is 14.1 Å². The molecule has 0 aliphatic rings. The Hall–Kier alpha value is -1.85. The van der Waals surface area contributed by atoms with Gasteiger partial charge in [0.05, 0.1) is 0 Å². The van der Waals surface area contributed by atoms with E-state index in [0.29, 0.717) is 12.5 Å². The minimum absolute atomic E-state index is 0. The monoisotopic (exact) mass is 485 g/mol. The molecular formula is C16H20F4IN5. The molecule has 0 amide bonds. The molecule has 0 fully saturated rings. The fourth-order valence-electron chi connectivity index (χ4n) is 2.45. The highest BCUT2D eigenvalue weighted by Crippen LogP contribution is 2.30. The third kappa shape index (κ3) is 5.85. The van der Waals surface area contributed by atoms with Crippen molar-refractivity contribution in [3.63, 3.8) is 0 Å². The van der Waals surface area contributed by atoms with E-state index < -0.39 is 11.9 Å². The van der Waals surface area contributed by atoms with Crippen molar-refractivity contribution in [3.05, 3.63) is 53.1 Å². The van der Waals surface area contributed by atoms with Crippen LogP contribution in [-0.4, -0.2) is 34.7 Å². The molecule has 0 aliphatic heterocycles. The second kappa shape index (κ2) is 9.19. The minimum atomic E-state index is -4.52. The normalized spacial score (nSPS) is 11.9. The van der Waals surface area contributed by atoms with Gasteiger partial charge in [0.2, 0.25) is 0 Å². The molecule has 0 bridgehead atoms. The Morgan fingerprint density at radius 1 is 1.35 bits per heavy atom. The molecule has 0 spiro atoms. The smallest absolute Gasteiger partial charge is 0.352 e. The summed E-state index contributed by atoms with van der Waals surface area (Å²) in [6.07, 6.45) is -3.20. The molecule has 0 saturated carbocycles. The molecular weight excluding hydrogens is 465 g/mol. The molecule has 0 atom stereocenters. The zero-order chi connectivity index (χ0) is 18.6. The molecule has 0 aliphatic carbocycles. The summed E-state index contributed by atoms with van der Waals surface area (Å²) in [5, 5.41) is 6.34. The molecule has 5 nitrogen and oxygen atoms in total. The first-order chi connectivity index (χ1) is 11.7. The van der Waals surface area contributed by atoms with Gasteiger partial charge in [-0.15, -0.1) is 24.0 Å². The SMILES string of the molecule is CN=C(NCc1cn(C)nc1C(F)(F)F)N(C)Cc1cccc(F)c1.I. The quantitative estimate of drug-likeness (QED) is 0.313. The van der Waals surface area contributed by atoms with Crippen LogP contribution in [0, 0.1) is 5.82 Å². The maximum Gasteiger partial charge on any atom is 0.435 e. The van der Waals surface area contributed by atoms with Gasteiger partial charge in [-0.25, -0.2) is 4.39 Å². The van der Waals surface area contributed by atoms with Crippen LogP contribution in [0.5, 0.6) is 0 Å². The summed E-state index contributed by atoms with van der Waals surface area (Å²) in [5.41, 5.74) is -0.177. The number of aromatic nitrogens is 2. The number of hydrogen-bond donors (Lipinski definition) is 1. The predicted octanol–water partition coefficient (Wildman–Crippen LogP) is 3.40. The van der Waals surface area contributed by atoms with Gasteiger partial charge in [0.15, 0.2) is 11.7 Å². The van der Waals surface area contributed by atoms with Gasteiger partial charge in [-0.05, 0) is 17.7 Å². The highest BCUT2D eigenvalue weighted by Gasteiger charge is 2.36. The van der Waals surface area contributed by atoms with E-state index in [0.717, 1.165) is 10.2 Å². The van der Waals surface area contributed by atoms with Gasteiger partial charge in [-0.3, -0.25) is 9.67 Å². The third-order valence-corrected chi connectivity index (χ3v) is 3.49. The van der Waals surface area contributed by atoms with Gasteiger partial charge in [-0.2, -0.15) is 18.3 Å². The summed E-state index contributed by atoms with van der Waals surface area (Å²) < 4.78 is 53.3. The highest BCUT2D eigenvalue weighted by atomic mass is 127. The second-order valence-electron chi connectivity index (χ2n) is 5.56. The average molecular weight is 485 g/mol. The molecule has 1 heterocycles. The van der Waals surface area contributed by atoms with Crippen LogP contribution < -0.4 is 5.32 Å². The van der Waals surface area contributed by atoms with Crippen LogP contribution in [0.2, 0.25) is 0 Å². The molecule has 0 saturated heterocycles. The molecule has 1 N–H and O–H groups in total. The number of aryl methyl sites for hydroxylation is 1. The number of halogens is 5. The summed E-state index contributed by atoms with van der Waals surface area (Å²) in [4.78, 5) is 5.74. The first-order valence-electron chi connectivity index (χ1n) is 7.46. The van der Waals surface area contributed by atoms with Crippen LogP contribution >= 0.6 is 24.0 Å². The van der Waals surface area contributed by atoms with Crippen molar-refractivity contribution >= 4 is 29.9 Å². The maximum atomic E-state index is 13.2. The lowest BCUT2D eigenvalue weighted by atomic mass is 10.2. The Kier molecular flexibility index (Phi) is 7.85. The fraction of sp³-hybridized carbons (Fsp3) is 0.375. The van der Waals surface area contributed by atoms with Gasteiger partial charge in [-0.1, -0.05) is 12.1 Å². The molecule has 0 radical (unpaired) electrons. The number of nitrogens with one attached hydrogen (secondary N) is 1. The summed E-state index contributed by atoms with van der Waals surface area (Å²) in [5.74, 6) is 0.0419. The highest BCUT2D eigenvalue weighted by molar-refractivity contribution is 14.0. The number of aliphatic imine (C=N–C) groups is 1. The van der Waals surface area contributed by atoms with Gasteiger partial charge in [0, 0.05) is 46.0 Å². The zero-order valence-corrected chi connectivity index (χ0v) is 16.8. The number of nitrogens with zero attached hydrogens (tertiary/aromatic N) is 4. The zero-order valence-electron chi connectivity index (χ0n) is 14.5. The lowest BCUT2D eigenvalue weighted by Crippen LogP contribution is -2.38. The summed E-state index contributed by atoms with van der Waals surface area (Å²) >= 11 is 0. The van der Waals surface area contributed by atoms with Crippen LogP contribution in [0.15, 0.2) is 35.5 Å². The van der Waals surface area contributed by atoms with E-state index in [-0.39, 0.29) is 41.9 Å². The number of guanidine groups is 1. The number of hydrogen-bond acceptors (Lipinski definition) is 2. The van der Waals surface area contributed by atoms with Crippen LogP contribution in [0.3, 0.4) is 0 Å². The molecule has 1 aromatic carbocycles. The largest absolute Gasteiger partial charge is 0.435 e. The van der Waals surface area contributed by atoms with Crippen LogP contribution in [0.4, 0.5) is 17.6 Å². The molecule has 10 heteroatoms. The molecule has 2 aromatic rings.